The molecule has 0 aliphatic heterocycles. The Balaban J connectivity index is 2.35. The second-order valence-corrected chi connectivity index (χ2v) is 5.46. The molecule has 1 aromatic rings. The average Bonchev–Trinajstić information content (AvgIpc) is 2.79. The van der Waals surface area contributed by atoms with Crippen LogP contribution < -0.4 is 5.73 Å². The number of hydrogen-bond acceptors (Lipinski definition) is 2. The van der Waals surface area contributed by atoms with E-state index in [1.165, 1.54) is 37.8 Å². The van der Waals surface area contributed by atoms with E-state index >= 15 is 0 Å². The molecule has 1 fully saturated rings. The van der Waals surface area contributed by atoms with E-state index in [9.17, 15) is 0 Å². The summed E-state index contributed by atoms with van der Waals surface area (Å²) in [6.45, 7) is 5.31. The Morgan fingerprint density at radius 2 is 2.35 bits per heavy atom. The van der Waals surface area contributed by atoms with Crippen LogP contribution in [0.2, 0.25) is 0 Å². The summed E-state index contributed by atoms with van der Waals surface area (Å²) < 4.78 is 2.39. The van der Waals surface area contributed by atoms with E-state index < -0.39 is 0 Å². The van der Waals surface area contributed by atoms with Crippen molar-refractivity contribution >= 4 is 0 Å². The fourth-order valence-electron chi connectivity index (χ4n) is 3.32. The molecule has 0 radical (unpaired) electrons. The summed E-state index contributed by atoms with van der Waals surface area (Å²) in [7, 11) is 0. The maximum absolute atomic E-state index is 6.14. The molecule has 1 saturated carbocycles. The Bertz CT molecular complexity index is 358. The molecule has 1 heterocycles. The van der Waals surface area contributed by atoms with Gasteiger partial charge < -0.3 is 10.3 Å². The van der Waals surface area contributed by atoms with E-state index in [0.29, 0.717) is 5.92 Å². The Morgan fingerprint density at radius 1 is 1.53 bits per heavy atom. The third-order valence-electron chi connectivity index (χ3n) is 4.47. The minimum atomic E-state index is 0.124. The van der Waals surface area contributed by atoms with Crippen molar-refractivity contribution < 1.29 is 0 Å². The monoisotopic (exact) mass is 235 g/mol. The summed E-state index contributed by atoms with van der Waals surface area (Å²) in [4.78, 5) is 4.35. The number of nitrogens with zero attached hydrogens (tertiary/aromatic N) is 2. The molecule has 1 aromatic heterocycles. The molecule has 2 unspecified atom stereocenters. The van der Waals surface area contributed by atoms with Gasteiger partial charge in [0.25, 0.3) is 0 Å². The van der Waals surface area contributed by atoms with Gasteiger partial charge in [-0.3, -0.25) is 0 Å². The molecular formula is C14H25N3. The first-order chi connectivity index (χ1) is 8.24. The summed E-state index contributed by atoms with van der Waals surface area (Å²) in [5.41, 5.74) is 7.61. The topological polar surface area (TPSA) is 43.8 Å². The molecule has 0 aromatic carbocycles. The lowest BCUT2D eigenvalue weighted by Crippen LogP contribution is -2.48. The average molecular weight is 235 g/mol. The molecule has 1 aliphatic rings. The van der Waals surface area contributed by atoms with Crippen LogP contribution in [0.5, 0.6) is 0 Å². The van der Waals surface area contributed by atoms with E-state index in [2.05, 4.69) is 23.4 Å². The van der Waals surface area contributed by atoms with Gasteiger partial charge in [0.1, 0.15) is 0 Å². The molecule has 96 valence electrons. The van der Waals surface area contributed by atoms with Crippen LogP contribution in [0, 0.1) is 5.92 Å². The van der Waals surface area contributed by atoms with Gasteiger partial charge in [-0.2, -0.15) is 0 Å². The van der Waals surface area contributed by atoms with Crippen LogP contribution in [0.1, 0.15) is 51.6 Å². The van der Waals surface area contributed by atoms with Crippen molar-refractivity contribution in [3.63, 3.8) is 0 Å². The van der Waals surface area contributed by atoms with Crippen molar-refractivity contribution in [1.29, 1.82) is 0 Å². The summed E-state index contributed by atoms with van der Waals surface area (Å²) >= 11 is 0. The summed E-state index contributed by atoms with van der Waals surface area (Å²) in [5, 5.41) is 0. The first-order valence-electron chi connectivity index (χ1n) is 6.96. The van der Waals surface area contributed by atoms with Crippen molar-refractivity contribution in [1.82, 2.24) is 9.55 Å². The van der Waals surface area contributed by atoms with Crippen molar-refractivity contribution in [2.75, 3.05) is 6.54 Å². The highest BCUT2D eigenvalue weighted by Gasteiger charge is 2.39. The Kier molecular flexibility index (Phi) is 3.87. The van der Waals surface area contributed by atoms with E-state index in [-0.39, 0.29) is 5.54 Å². The van der Waals surface area contributed by atoms with Crippen LogP contribution in [0.4, 0.5) is 0 Å². The van der Waals surface area contributed by atoms with Gasteiger partial charge in [-0.25, -0.2) is 4.98 Å². The molecule has 2 rings (SSSR count). The Morgan fingerprint density at radius 3 is 3.00 bits per heavy atom. The number of imidazole rings is 1. The summed E-state index contributed by atoms with van der Waals surface area (Å²) in [6, 6.07) is 0. The van der Waals surface area contributed by atoms with Crippen LogP contribution in [0.3, 0.4) is 0 Å². The van der Waals surface area contributed by atoms with Crippen molar-refractivity contribution in [3.8, 4) is 0 Å². The number of nitrogens with two attached hydrogens (primary N) is 1. The smallest absolute Gasteiger partial charge is 0.0953 e. The third-order valence-corrected chi connectivity index (χ3v) is 4.47. The van der Waals surface area contributed by atoms with Gasteiger partial charge in [-0.1, -0.05) is 33.1 Å². The zero-order valence-electron chi connectivity index (χ0n) is 11.2. The Hall–Kier alpha value is -0.830. The number of aromatic nitrogens is 2. The lowest BCUT2D eigenvalue weighted by molar-refractivity contribution is 0.121. The molecule has 2 N–H and O–H groups in total. The quantitative estimate of drug-likeness (QED) is 0.872. The van der Waals surface area contributed by atoms with Gasteiger partial charge in [0.05, 0.1) is 11.9 Å². The SMILES string of the molecule is CCCc1cncn1C1(CN)CCCCC1C. The lowest BCUT2D eigenvalue weighted by Gasteiger charge is -2.44. The number of hydrogen-bond donors (Lipinski definition) is 1. The van der Waals surface area contributed by atoms with E-state index in [4.69, 9.17) is 5.73 Å². The van der Waals surface area contributed by atoms with Crippen LogP contribution >= 0.6 is 0 Å². The largest absolute Gasteiger partial charge is 0.328 e. The highest BCUT2D eigenvalue weighted by Crippen LogP contribution is 2.39. The first kappa shape index (κ1) is 12.6. The molecule has 3 heteroatoms. The maximum Gasteiger partial charge on any atom is 0.0953 e. The summed E-state index contributed by atoms with van der Waals surface area (Å²) in [5.74, 6) is 0.658. The molecule has 3 nitrogen and oxygen atoms in total. The van der Waals surface area contributed by atoms with Gasteiger partial charge >= 0.3 is 0 Å². The molecule has 0 spiro atoms. The van der Waals surface area contributed by atoms with Crippen LogP contribution in [-0.2, 0) is 12.0 Å². The fourth-order valence-corrected chi connectivity index (χ4v) is 3.32. The molecule has 17 heavy (non-hydrogen) atoms. The number of rotatable bonds is 4. The van der Waals surface area contributed by atoms with Crippen molar-refractivity contribution in [2.24, 2.45) is 11.7 Å². The van der Waals surface area contributed by atoms with Gasteiger partial charge in [0.2, 0.25) is 0 Å². The molecule has 0 bridgehead atoms. The molecule has 0 saturated heterocycles. The summed E-state index contributed by atoms with van der Waals surface area (Å²) in [6.07, 6.45) is 11.4. The zero-order chi connectivity index (χ0) is 12.3. The van der Waals surface area contributed by atoms with E-state index in [1.807, 2.05) is 12.5 Å². The fraction of sp³-hybridized carbons (Fsp3) is 0.786. The minimum Gasteiger partial charge on any atom is -0.328 e. The van der Waals surface area contributed by atoms with E-state index in [0.717, 1.165) is 13.0 Å². The van der Waals surface area contributed by atoms with Crippen LogP contribution in [0.25, 0.3) is 0 Å². The molecule has 0 amide bonds. The van der Waals surface area contributed by atoms with Gasteiger partial charge in [-0.15, -0.1) is 0 Å². The maximum atomic E-state index is 6.14. The van der Waals surface area contributed by atoms with E-state index in [1.54, 1.807) is 0 Å². The highest BCUT2D eigenvalue weighted by atomic mass is 15.1. The Labute approximate surface area is 104 Å². The first-order valence-corrected chi connectivity index (χ1v) is 6.96. The number of aryl methyl sites for hydroxylation is 1. The van der Waals surface area contributed by atoms with Gasteiger partial charge in [0, 0.05) is 18.4 Å². The van der Waals surface area contributed by atoms with Gasteiger partial charge in [0.15, 0.2) is 0 Å². The highest BCUT2D eigenvalue weighted by molar-refractivity contribution is 5.07. The van der Waals surface area contributed by atoms with Crippen molar-refractivity contribution in [3.05, 3.63) is 18.2 Å². The lowest BCUT2D eigenvalue weighted by atomic mass is 9.73. The minimum absolute atomic E-state index is 0.124. The molecular weight excluding hydrogens is 210 g/mol. The second kappa shape index (κ2) is 5.21. The van der Waals surface area contributed by atoms with Crippen LogP contribution in [0.15, 0.2) is 12.5 Å². The third kappa shape index (κ3) is 2.13. The normalized spacial score (nSPS) is 29.5. The van der Waals surface area contributed by atoms with Crippen LogP contribution in [-0.4, -0.2) is 16.1 Å². The standard InChI is InChI=1S/C14H25N3/c1-3-6-13-9-16-11-17(13)14(10-15)8-5-4-7-12(14)2/h9,11-12H,3-8,10,15H2,1-2H3. The zero-order valence-corrected chi connectivity index (χ0v) is 11.2. The molecule has 1 aliphatic carbocycles. The van der Waals surface area contributed by atoms with Gasteiger partial charge in [-0.05, 0) is 25.2 Å². The predicted octanol–water partition coefficient (Wildman–Crippen LogP) is 2.70. The second-order valence-electron chi connectivity index (χ2n) is 5.46. The van der Waals surface area contributed by atoms with Crippen molar-refractivity contribution in [2.45, 2.75) is 57.9 Å². The predicted molar refractivity (Wildman–Crippen MR) is 70.9 cm³/mol. The molecule has 2 atom stereocenters.